The summed E-state index contributed by atoms with van der Waals surface area (Å²) in [5.41, 5.74) is 0.893. The molecule has 0 aliphatic heterocycles. The third-order valence-corrected chi connectivity index (χ3v) is 5.71. The molecule has 5 nitrogen and oxygen atoms in total. The molecule has 9 heteroatoms. The number of anilines is 1. The number of hydrogen-bond acceptors (Lipinski definition) is 5. The summed E-state index contributed by atoms with van der Waals surface area (Å²) in [7, 11) is 0. The quantitative estimate of drug-likeness (QED) is 0.611. The van der Waals surface area contributed by atoms with E-state index in [4.69, 9.17) is 23.2 Å². The fraction of sp³-hybridized carbons (Fsp3) is 0.118. The molecule has 0 aliphatic carbocycles. The minimum absolute atomic E-state index is 0.119. The van der Waals surface area contributed by atoms with E-state index in [1.165, 1.54) is 22.7 Å². The van der Waals surface area contributed by atoms with E-state index in [1.54, 1.807) is 35.8 Å². The van der Waals surface area contributed by atoms with E-state index in [2.05, 4.69) is 15.6 Å². The average Bonchev–Trinajstić information content (AvgIpc) is 3.28. The summed E-state index contributed by atoms with van der Waals surface area (Å²) in [6, 6.07) is 8.77. The van der Waals surface area contributed by atoms with Gasteiger partial charge in [0, 0.05) is 27.5 Å². The molecule has 2 aromatic heterocycles. The van der Waals surface area contributed by atoms with E-state index in [9.17, 15) is 9.59 Å². The van der Waals surface area contributed by atoms with Crippen molar-refractivity contribution < 1.29 is 9.59 Å². The highest BCUT2D eigenvalue weighted by atomic mass is 35.5. The van der Waals surface area contributed by atoms with Crippen LogP contribution in [0.4, 0.5) is 5.13 Å². The second-order valence-electron chi connectivity index (χ2n) is 5.25. The van der Waals surface area contributed by atoms with Crippen LogP contribution in [0, 0.1) is 0 Å². The lowest BCUT2D eigenvalue weighted by molar-refractivity contribution is -0.115. The lowest BCUT2D eigenvalue weighted by atomic mass is 10.1. The molecule has 2 heterocycles. The van der Waals surface area contributed by atoms with Crippen LogP contribution in [-0.4, -0.2) is 23.3 Å². The van der Waals surface area contributed by atoms with Gasteiger partial charge in [-0.1, -0.05) is 29.3 Å². The Morgan fingerprint density at radius 2 is 2.04 bits per heavy atom. The SMILES string of the molecule is O=C(CNC(=O)c1cccs1)Nc1ncc(Cc2cc(Cl)ccc2Cl)s1. The van der Waals surface area contributed by atoms with E-state index in [1.807, 2.05) is 6.07 Å². The van der Waals surface area contributed by atoms with Crippen molar-refractivity contribution in [3.05, 3.63) is 67.3 Å². The van der Waals surface area contributed by atoms with Crippen LogP contribution < -0.4 is 10.6 Å². The van der Waals surface area contributed by atoms with Gasteiger partial charge in [-0.25, -0.2) is 4.98 Å². The molecule has 0 aliphatic rings. The number of thiophene rings is 1. The molecule has 0 unspecified atom stereocenters. The number of amides is 2. The van der Waals surface area contributed by atoms with Crippen LogP contribution in [0.5, 0.6) is 0 Å². The maximum absolute atomic E-state index is 12.0. The van der Waals surface area contributed by atoms with Crippen molar-refractivity contribution in [1.82, 2.24) is 10.3 Å². The number of carbonyl (C=O) groups is 2. The summed E-state index contributed by atoms with van der Waals surface area (Å²) in [6.07, 6.45) is 2.25. The molecule has 0 fully saturated rings. The Hall–Kier alpha value is -1.93. The summed E-state index contributed by atoms with van der Waals surface area (Å²) in [4.78, 5) is 29.5. The van der Waals surface area contributed by atoms with Crippen LogP contribution >= 0.6 is 45.9 Å². The molecule has 2 amide bonds. The van der Waals surface area contributed by atoms with E-state index in [0.717, 1.165) is 10.4 Å². The molecule has 0 saturated carbocycles. The van der Waals surface area contributed by atoms with Crippen molar-refractivity contribution >= 4 is 62.8 Å². The van der Waals surface area contributed by atoms with E-state index in [0.29, 0.717) is 26.5 Å². The highest BCUT2D eigenvalue weighted by Crippen LogP contribution is 2.26. The number of halogens is 2. The molecule has 3 rings (SSSR count). The zero-order valence-electron chi connectivity index (χ0n) is 13.3. The predicted molar refractivity (Wildman–Crippen MR) is 107 cm³/mol. The molecule has 2 N–H and O–H groups in total. The van der Waals surface area contributed by atoms with E-state index in [-0.39, 0.29) is 18.4 Å². The number of nitrogens with one attached hydrogen (secondary N) is 2. The Balaban J connectivity index is 1.54. The number of benzene rings is 1. The zero-order chi connectivity index (χ0) is 18.5. The Labute approximate surface area is 168 Å². The number of thiazole rings is 1. The van der Waals surface area contributed by atoms with Crippen molar-refractivity contribution in [2.75, 3.05) is 11.9 Å². The van der Waals surface area contributed by atoms with Crippen molar-refractivity contribution in [3.8, 4) is 0 Å². The van der Waals surface area contributed by atoms with Crippen LogP contribution in [-0.2, 0) is 11.2 Å². The average molecular weight is 426 g/mol. The van der Waals surface area contributed by atoms with Crippen LogP contribution in [0.2, 0.25) is 10.0 Å². The molecule has 0 saturated heterocycles. The lowest BCUT2D eigenvalue weighted by Gasteiger charge is -2.04. The number of aromatic nitrogens is 1. The minimum Gasteiger partial charge on any atom is -0.342 e. The smallest absolute Gasteiger partial charge is 0.261 e. The van der Waals surface area contributed by atoms with Crippen molar-refractivity contribution in [2.45, 2.75) is 6.42 Å². The molecule has 0 bridgehead atoms. The third kappa shape index (κ3) is 5.04. The first kappa shape index (κ1) is 18.8. The fourth-order valence-electron chi connectivity index (χ4n) is 2.13. The number of rotatable bonds is 6. The summed E-state index contributed by atoms with van der Waals surface area (Å²) in [6.45, 7) is -0.119. The molecule has 1 aromatic carbocycles. The van der Waals surface area contributed by atoms with Gasteiger partial charge in [0.1, 0.15) is 0 Å². The molecule has 0 radical (unpaired) electrons. The van der Waals surface area contributed by atoms with Crippen molar-refractivity contribution in [3.63, 3.8) is 0 Å². The van der Waals surface area contributed by atoms with Gasteiger partial charge in [-0.2, -0.15) is 0 Å². The van der Waals surface area contributed by atoms with Gasteiger partial charge in [-0.3, -0.25) is 9.59 Å². The lowest BCUT2D eigenvalue weighted by Crippen LogP contribution is -2.32. The fourth-order valence-corrected chi connectivity index (χ4v) is 4.00. The highest BCUT2D eigenvalue weighted by Gasteiger charge is 2.11. The first-order valence-electron chi connectivity index (χ1n) is 7.51. The Kier molecular flexibility index (Phi) is 6.26. The Morgan fingerprint density at radius 1 is 1.19 bits per heavy atom. The van der Waals surface area contributed by atoms with E-state index < -0.39 is 0 Å². The first-order valence-corrected chi connectivity index (χ1v) is 9.96. The van der Waals surface area contributed by atoms with Crippen LogP contribution in [0.15, 0.2) is 41.9 Å². The molecule has 3 aromatic rings. The zero-order valence-corrected chi connectivity index (χ0v) is 16.4. The molecule has 0 spiro atoms. The van der Waals surface area contributed by atoms with Gasteiger partial charge in [-0.15, -0.1) is 22.7 Å². The molecular weight excluding hydrogens is 413 g/mol. The van der Waals surface area contributed by atoms with Crippen LogP contribution in [0.3, 0.4) is 0 Å². The van der Waals surface area contributed by atoms with Gasteiger partial charge in [0.2, 0.25) is 5.91 Å². The number of nitrogens with zero attached hydrogens (tertiary/aromatic N) is 1. The summed E-state index contributed by atoms with van der Waals surface area (Å²) < 4.78 is 0. The molecule has 0 atom stereocenters. The standard InChI is InChI=1S/C17H13Cl2N3O2S2/c18-11-3-4-13(19)10(6-11)7-12-8-21-17(26-12)22-15(23)9-20-16(24)14-2-1-5-25-14/h1-6,8H,7,9H2,(H,20,24)(H,21,22,23). The monoisotopic (exact) mass is 425 g/mol. The van der Waals surface area contributed by atoms with Crippen LogP contribution in [0.25, 0.3) is 0 Å². The summed E-state index contributed by atoms with van der Waals surface area (Å²) >= 11 is 14.8. The topological polar surface area (TPSA) is 71.1 Å². The van der Waals surface area contributed by atoms with E-state index >= 15 is 0 Å². The van der Waals surface area contributed by atoms with Gasteiger partial charge in [0.25, 0.3) is 5.91 Å². The van der Waals surface area contributed by atoms with Crippen LogP contribution in [0.1, 0.15) is 20.1 Å². The van der Waals surface area contributed by atoms with Gasteiger partial charge in [0.05, 0.1) is 11.4 Å². The van der Waals surface area contributed by atoms with Gasteiger partial charge in [0.15, 0.2) is 5.13 Å². The van der Waals surface area contributed by atoms with Gasteiger partial charge < -0.3 is 10.6 Å². The first-order chi connectivity index (χ1) is 12.5. The molecule has 26 heavy (non-hydrogen) atoms. The predicted octanol–water partition coefficient (Wildman–Crippen LogP) is 4.47. The summed E-state index contributed by atoms with van der Waals surface area (Å²) in [5.74, 6) is -0.609. The number of hydrogen-bond donors (Lipinski definition) is 2. The maximum atomic E-state index is 12.0. The second-order valence-corrected chi connectivity index (χ2v) is 8.16. The minimum atomic E-state index is -0.336. The van der Waals surface area contributed by atoms with Gasteiger partial charge >= 0.3 is 0 Å². The largest absolute Gasteiger partial charge is 0.342 e. The van der Waals surface area contributed by atoms with Crippen molar-refractivity contribution in [1.29, 1.82) is 0 Å². The highest BCUT2D eigenvalue weighted by molar-refractivity contribution is 7.15. The Bertz CT molecular complexity index is 926. The number of carbonyl (C=O) groups excluding carboxylic acids is 2. The maximum Gasteiger partial charge on any atom is 0.261 e. The molecule has 134 valence electrons. The second kappa shape index (κ2) is 8.64. The summed E-state index contributed by atoms with van der Waals surface area (Å²) in [5, 5.41) is 8.76. The molecular formula is C17H13Cl2N3O2S2. The Morgan fingerprint density at radius 3 is 2.81 bits per heavy atom. The third-order valence-electron chi connectivity index (χ3n) is 3.33. The normalized spacial score (nSPS) is 10.5. The van der Waals surface area contributed by atoms with Crippen molar-refractivity contribution in [2.24, 2.45) is 0 Å². The van der Waals surface area contributed by atoms with Gasteiger partial charge in [-0.05, 0) is 35.2 Å².